The van der Waals surface area contributed by atoms with Gasteiger partial charge in [-0.05, 0) is 31.2 Å². The number of nitrogens with one attached hydrogen (secondary N) is 1. The summed E-state index contributed by atoms with van der Waals surface area (Å²) in [6, 6.07) is 15.8. The molecule has 0 aliphatic carbocycles. The average molecular weight is 416 g/mol. The van der Waals surface area contributed by atoms with E-state index in [2.05, 4.69) is 10.4 Å². The number of Topliss-reactive ketones (excluding diaryl/α,β-unsaturated/α-hetero) is 1. The van der Waals surface area contributed by atoms with E-state index in [-0.39, 0.29) is 24.5 Å². The lowest BCUT2D eigenvalue weighted by Gasteiger charge is -2.08. The van der Waals surface area contributed by atoms with Gasteiger partial charge in [-0.1, -0.05) is 30.3 Å². The molecule has 2 heterocycles. The maximum absolute atomic E-state index is 13.0. The van der Waals surface area contributed by atoms with Crippen LogP contribution in [0.15, 0.2) is 71.8 Å². The van der Waals surface area contributed by atoms with Gasteiger partial charge >= 0.3 is 0 Å². The van der Waals surface area contributed by atoms with Gasteiger partial charge in [0.05, 0.1) is 12.3 Å². The molecule has 0 atom stereocenters. The number of fused-ring (bicyclic) bond motifs is 1. The summed E-state index contributed by atoms with van der Waals surface area (Å²) in [5, 5.41) is 17.1. The second-order valence-electron chi connectivity index (χ2n) is 7.06. The summed E-state index contributed by atoms with van der Waals surface area (Å²) in [6.07, 6.45) is 3.06. The highest BCUT2D eigenvalue weighted by Gasteiger charge is 2.18. The molecular weight excluding hydrogens is 396 g/mol. The molecule has 0 radical (unpaired) electrons. The van der Waals surface area contributed by atoms with Crippen LogP contribution in [0.2, 0.25) is 0 Å². The van der Waals surface area contributed by atoms with Crippen LogP contribution in [0.3, 0.4) is 0 Å². The van der Waals surface area contributed by atoms with Crippen LogP contribution in [0.1, 0.15) is 22.8 Å². The van der Waals surface area contributed by atoms with Crippen molar-refractivity contribution in [2.24, 2.45) is 0 Å². The van der Waals surface area contributed by atoms with Crippen LogP contribution in [0, 0.1) is 0 Å². The van der Waals surface area contributed by atoms with E-state index in [1.165, 1.54) is 22.2 Å². The maximum atomic E-state index is 13.0. The number of hydrogen-bond donors (Lipinski definition) is 2. The Kier molecular flexibility index (Phi) is 5.46. The molecule has 8 heteroatoms. The molecule has 0 aliphatic rings. The highest BCUT2D eigenvalue weighted by atomic mass is 16.3. The van der Waals surface area contributed by atoms with Crippen LogP contribution in [-0.2, 0) is 17.9 Å². The summed E-state index contributed by atoms with van der Waals surface area (Å²) in [7, 11) is 0. The quantitative estimate of drug-likeness (QED) is 0.470. The minimum atomic E-state index is -0.427. The lowest BCUT2D eigenvalue weighted by atomic mass is 10.1. The number of hydrogen-bond acceptors (Lipinski definition) is 5. The van der Waals surface area contributed by atoms with Crippen LogP contribution < -0.4 is 10.9 Å². The van der Waals surface area contributed by atoms with E-state index in [0.717, 1.165) is 5.56 Å². The Hall–Kier alpha value is -4.04. The largest absolute Gasteiger partial charge is 0.392 e. The first kappa shape index (κ1) is 20.2. The molecule has 0 saturated heterocycles. The molecule has 0 spiro atoms. The third-order valence-electron chi connectivity index (χ3n) is 4.95. The first-order valence-electron chi connectivity index (χ1n) is 9.65. The van der Waals surface area contributed by atoms with E-state index in [0.29, 0.717) is 22.5 Å². The van der Waals surface area contributed by atoms with E-state index < -0.39 is 11.5 Å². The Labute approximate surface area is 177 Å². The van der Waals surface area contributed by atoms with Crippen LogP contribution >= 0.6 is 0 Å². The molecule has 31 heavy (non-hydrogen) atoms. The number of ketones is 1. The minimum absolute atomic E-state index is 0.0619. The van der Waals surface area contributed by atoms with Crippen molar-refractivity contribution < 1.29 is 14.7 Å². The molecule has 0 unspecified atom stereocenters. The van der Waals surface area contributed by atoms with E-state index >= 15 is 0 Å². The van der Waals surface area contributed by atoms with Crippen molar-refractivity contribution in [1.82, 2.24) is 14.2 Å². The number of benzene rings is 2. The zero-order chi connectivity index (χ0) is 22.0. The summed E-state index contributed by atoms with van der Waals surface area (Å²) in [5.74, 6) is -0.455. The first-order valence-corrected chi connectivity index (χ1v) is 9.65. The molecule has 4 aromatic rings. The van der Waals surface area contributed by atoms with Gasteiger partial charge in [0, 0.05) is 34.8 Å². The second-order valence-corrected chi connectivity index (χ2v) is 7.06. The summed E-state index contributed by atoms with van der Waals surface area (Å²) >= 11 is 0. The molecule has 2 aromatic heterocycles. The van der Waals surface area contributed by atoms with Gasteiger partial charge in [-0.2, -0.15) is 5.10 Å². The number of aromatic nitrogens is 3. The van der Waals surface area contributed by atoms with Gasteiger partial charge in [0.2, 0.25) is 5.91 Å². The molecule has 2 N–H and O–H groups in total. The van der Waals surface area contributed by atoms with E-state index in [4.69, 9.17) is 0 Å². The number of anilines is 1. The molecular formula is C23H20N4O4. The van der Waals surface area contributed by atoms with Crippen LogP contribution in [-0.4, -0.2) is 31.0 Å². The van der Waals surface area contributed by atoms with Crippen LogP contribution in [0.25, 0.3) is 16.8 Å². The van der Waals surface area contributed by atoms with E-state index in [9.17, 15) is 19.5 Å². The fourth-order valence-corrected chi connectivity index (χ4v) is 3.40. The number of carbonyl (C=O) groups is 2. The standard InChI is InChI=1S/C23H20N4O4/c1-15(29)16-7-9-18(10-8-16)24-20(30)13-26-11-12-27-22(23(26)31)19(14-28)21(25-27)17-5-3-2-4-6-17/h2-12,28H,13-14H2,1H3,(H,24,30). The highest BCUT2D eigenvalue weighted by Crippen LogP contribution is 2.24. The summed E-state index contributed by atoms with van der Waals surface area (Å²) in [4.78, 5) is 36.9. The smallest absolute Gasteiger partial charge is 0.277 e. The zero-order valence-corrected chi connectivity index (χ0v) is 16.8. The predicted octanol–water partition coefficient (Wildman–Crippen LogP) is 2.50. The van der Waals surface area contributed by atoms with Gasteiger partial charge in [0.1, 0.15) is 12.1 Å². The van der Waals surface area contributed by atoms with Crippen molar-refractivity contribution >= 4 is 22.9 Å². The molecule has 156 valence electrons. The molecule has 4 rings (SSSR count). The van der Waals surface area contributed by atoms with Gasteiger partial charge in [-0.15, -0.1) is 0 Å². The van der Waals surface area contributed by atoms with Crippen molar-refractivity contribution in [1.29, 1.82) is 0 Å². The summed E-state index contributed by atoms with van der Waals surface area (Å²) in [5.41, 5.74) is 2.58. The summed E-state index contributed by atoms with van der Waals surface area (Å²) in [6.45, 7) is 0.901. The van der Waals surface area contributed by atoms with Crippen molar-refractivity contribution in [2.75, 3.05) is 5.32 Å². The van der Waals surface area contributed by atoms with Crippen LogP contribution in [0.5, 0.6) is 0 Å². The molecule has 0 aliphatic heterocycles. The molecule has 2 aromatic carbocycles. The van der Waals surface area contributed by atoms with Gasteiger partial charge in [-0.3, -0.25) is 14.4 Å². The van der Waals surface area contributed by atoms with Crippen molar-refractivity contribution in [3.63, 3.8) is 0 Å². The van der Waals surface area contributed by atoms with Crippen molar-refractivity contribution in [3.8, 4) is 11.3 Å². The van der Waals surface area contributed by atoms with Gasteiger partial charge in [0.15, 0.2) is 5.78 Å². The highest BCUT2D eigenvalue weighted by molar-refractivity contribution is 5.95. The molecule has 0 saturated carbocycles. The fraction of sp³-hybridized carbons (Fsp3) is 0.130. The Bertz CT molecular complexity index is 1320. The predicted molar refractivity (Wildman–Crippen MR) is 116 cm³/mol. The average Bonchev–Trinajstić information content (AvgIpc) is 3.16. The Morgan fingerprint density at radius 2 is 1.74 bits per heavy atom. The Morgan fingerprint density at radius 3 is 2.39 bits per heavy atom. The van der Waals surface area contributed by atoms with Gasteiger partial charge < -0.3 is 15.0 Å². The topological polar surface area (TPSA) is 106 Å². The van der Waals surface area contributed by atoms with E-state index in [1.54, 1.807) is 30.5 Å². The third kappa shape index (κ3) is 4.01. The maximum Gasteiger partial charge on any atom is 0.277 e. The Balaban J connectivity index is 1.62. The molecule has 0 bridgehead atoms. The SMILES string of the molecule is CC(=O)c1ccc(NC(=O)Cn2ccn3nc(-c4ccccc4)c(CO)c3c2=O)cc1. The van der Waals surface area contributed by atoms with Crippen LogP contribution in [0.4, 0.5) is 5.69 Å². The normalized spacial score (nSPS) is 10.9. The van der Waals surface area contributed by atoms with Gasteiger partial charge in [-0.25, -0.2) is 4.52 Å². The molecule has 8 nitrogen and oxygen atoms in total. The first-order chi connectivity index (χ1) is 15.0. The third-order valence-corrected chi connectivity index (χ3v) is 4.95. The minimum Gasteiger partial charge on any atom is -0.392 e. The molecule has 1 amide bonds. The number of aliphatic hydroxyl groups is 1. The summed E-state index contributed by atoms with van der Waals surface area (Å²) < 4.78 is 2.69. The number of aliphatic hydroxyl groups excluding tert-OH is 1. The van der Waals surface area contributed by atoms with Crippen molar-refractivity contribution in [3.05, 3.63) is 88.5 Å². The Morgan fingerprint density at radius 1 is 1.03 bits per heavy atom. The second kappa shape index (κ2) is 8.37. The van der Waals surface area contributed by atoms with E-state index in [1.807, 2.05) is 30.3 Å². The number of nitrogens with zero attached hydrogens (tertiary/aromatic N) is 3. The molecule has 0 fully saturated rings. The number of carbonyl (C=O) groups excluding carboxylic acids is 2. The van der Waals surface area contributed by atoms with Crippen molar-refractivity contribution in [2.45, 2.75) is 20.1 Å². The van der Waals surface area contributed by atoms with Gasteiger partial charge in [0.25, 0.3) is 5.56 Å². The fourth-order valence-electron chi connectivity index (χ4n) is 3.40. The zero-order valence-electron chi connectivity index (χ0n) is 16.8. The lowest BCUT2D eigenvalue weighted by Crippen LogP contribution is -2.28. The lowest BCUT2D eigenvalue weighted by molar-refractivity contribution is -0.116. The number of amides is 1. The number of rotatable bonds is 6. The monoisotopic (exact) mass is 416 g/mol.